The van der Waals surface area contributed by atoms with Crippen molar-refractivity contribution in [3.63, 3.8) is 0 Å². The smallest absolute Gasteiger partial charge is 0.423 e. The molecule has 0 bridgehead atoms. The number of halogens is 1. The zero-order valence-electron chi connectivity index (χ0n) is 12.1. The third-order valence-corrected chi connectivity index (χ3v) is 4.03. The van der Waals surface area contributed by atoms with Gasteiger partial charge in [0, 0.05) is 18.0 Å². The van der Waals surface area contributed by atoms with Gasteiger partial charge in [-0.3, -0.25) is 4.90 Å². The number of piperidine rings is 1. The van der Waals surface area contributed by atoms with E-state index >= 15 is 0 Å². The summed E-state index contributed by atoms with van der Waals surface area (Å²) in [5.74, 6) is -0.574. The second kappa shape index (κ2) is 6.67. The number of nitrogens with zero attached hydrogens (tertiary/aromatic N) is 2. The van der Waals surface area contributed by atoms with Crippen LogP contribution in [0.1, 0.15) is 18.4 Å². The highest BCUT2D eigenvalue weighted by atomic mass is 19.1. The minimum atomic E-state index is -1.76. The molecule has 1 heterocycles. The molecule has 20 heavy (non-hydrogen) atoms. The van der Waals surface area contributed by atoms with Crippen LogP contribution < -0.4 is 5.46 Å². The Kier molecular flexibility index (Phi) is 5.15. The van der Waals surface area contributed by atoms with E-state index < -0.39 is 12.9 Å². The molecule has 0 unspecified atom stereocenters. The predicted octanol–water partition coefficient (Wildman–Crippen LogP) is 0.0315. The monoisotopic (exact) mass is 280 g/mol. The summed E-state index contributed by atoms with van der Waals surface area (Å²) < 4.78 is 13.4. The van der Waals surface area contributed by atoms with Crippen LogP contribution in [0.25, 0.3) is 0 Å². The van der Waals surface area contributed by atoms with Crippen molar-refractivity contribution in [2.24, 2.45) is 0 Å². The van der Waals surface area contributed by atoms with Gasteiger partial charge in [-0.05, 0) is 51.7 Å². The Morgan fingerprint density at radius 2 is 1.95 bits per heavy atom. The van der Waals surface area contributed by atoms with E-state index in [4.69, 9.17) is 10.0 Å². The molecule has 1 aliphatic rings. The zero-order valence-corrected chi connectivity index (χ0v) is 12.1. The normalized spacial score (nSPS) is 17.7. The van der Waals surface area contributed by atoms with Crippen molar-refractivity contribution in [3.05, 3.63) is 29.6 Å². The molecular weight excluding hydrogens is 258 g/mol. The fourth-order valence-electron chi connectivity index (χ4n) is 2.74. The quantitative estimate of drug-likeness (QED) is 0.764. The van der Waals surface area contributed by atoms with Crippen LogP contribution in [0.4, 0.5) is 4.39 Å². The summed E-state index contributed by atoms with van der Waals surface area (Å²) in [4.78, 5) is 4.58. The lowest BCUT2D eigenvalue weighted by Gasteiger charge is -2.35. The van der Waals surface area contributed by atoms with Gasteiger partial charge in [0.15, 0.2) is 0 Å². The molecule has 0 amide bonds. The molecule has 1 saturated heterocycles. The Morgan fingerprint density at radius 3 is 2.50 bits per heavy atom. The first-order valence-electron chi connectivity index (χ1n) is 7.00. The van der Waals surface area contributed by atoms with Crippen molar-refractivity contribution >= 4 is 12.6 Å². The molecule has 1 aromatic carbocycles. The maximum Gasteiger partial charge on any atom is 0.491 e. The van der Waals surface area contributed by atoms with Gasteiger partial charge in [-0.2, -0.15) is 0 Å². The predicted molar refractivity (Wildman–Crippen MR) is 78.2 cm³/mol. The molecule has 0 atom stereocenters. The highest BCUT2D eigenvalue weighted by Crippen LogP contribution is 2.16. The number of rotatable bonds is 4. The number of likely N-dealkylation sites (tertiary alicyclic amines) is 1. The number of benzene rings is 1. The molecule has 2 N–H and O–H groups in total. The van der Waals surface area contributed by atoms with Crippen molar-refractivity contribution in [3.8, 4) is 0 Å². The van der Waals surface area contributed by atoms with Crippen molar-refractivity contribution in [2.75, 3.05) is 27.2 Å². The van der Waals surface area contributed by atoms with Gasteiger partial charge >= 0.3 is 7.12 Å². The first-order chi connectivity index (χ1) is 9.47. The lowest BCUT2D eigenvalue weighted by Crippen LogP contribution is -2.41. The average Bonchev–Trinajstić information content (AvgIpc) is 2.41. The molecule has 1 aromatic rings. The third kappa shape index (κ3) is 3.79. The van der Waals surface area contributed by atoms with E-state index in [2.05, 4.69) is 23.9 Å². The molecule has 2 rings (SSSR count). The van der Waals surface area contributed by atoms with Crippen LogP contribution in [-0.2, 0) is 6.54 Å². The summed E-state index contributed by atoms with van der Waals surface area (Å²) in [6.07, 6.45) is 2.26. The van der Waals surface area contributed by atoms with Crippen molar-refractivity contribution in [1.82, 2.24) is 9.80 Å². The van der Waals surface area contributed by atoms with Gasteiger partial charge in [-0.25, -0.2) is 4.39 Å². The largest absolute Gasteiger partial charge is 0.491 e. The molecule has 4 nitrogen and oxygen atoms in total. The summed E-state index contributed by atoms with van der Waals surface area (Å²) in [6.45, 7) is 2.74. The van der Waals surface area contributed by atoms with Gasteiger partial charge < -0.3 is 14.9 Å². The summed E-state index contributed by atoms with van der Waals surface area (Å²) in [5, 5.41) is 18.3. The van der Waals surface area contributed by atoms with E-state index in [1.54, 1.807) is 6.07 Å². The Labute approximate surface area is 120 Å². The van der Waals surface area contributed by atoms with E-state index in [0.29, 0.717) is 6.04 Å². The molecule has 0 saturated carbocycles. The molecule has 6 heteroatoms. The SMILES string of the molecule is CN(C)C1CCN(Cc2ccc(F)c(B(O)O)c2)CC1. The Hall–Kier alpha value is -0.945. The summed E-state index contributed by atoms with van der Waals surface area (Å²) in [7, 11) is 2.46. The lowest BCUT2D eigenvalue weighted by atomic mass is 9.79. The van der Waals surface area contributed by atoms with Crippen molar-refractivity contribution in [2.45, 2.75) is 25.4 Å². The molecule has 0 spiro atoms. The fourth-order valence-corrected chi connectivity index (χ4v) is 2.74. The number of hydrogen-bond donors (Lipinski definition) is 2. The van der Waals surface area contributed by atoms with Gasteiger partial charge in [0.2, 0.25) is 0 Å². The molecule has 1 aliphatic heterocycles. The highest BCUT2D eigenvalue weighted by molar-refractivity contribution is 6.58. The van der Waals surface area contributed by atoms with Gasteiger partial charge in [-0.15, -0.1) is 0 Å². The van der Waals surface area contributed by atoms with Gasteiger partial charge in [0.1, 0.15) is 5.82 Å². The minimum Gasteiger partial charge on any atom is -0.423 e. The van der Waals surface area contributed by atoms with Crippen molar-refractivity contribution in [1.29, 1.82) is 0 Å². The summed E-state index contributed by atoms with van der Waals surface area (Å²) in [5.41, 5.74) is 0.864. The third-order valence-electron chi connectivity index (χ3n) is 4.03. The van der Waals surface area contributed by atoms with E-state index in [9.17, 15) is 4.39 Å². The molecule has 110 valence electrons. The van der Waals surface area contributed by atoms with Crippen LogP contribution in [0, 0.1) is 5.82 Å². The van der Waals surface area contributed by atoms with Crippen LogP contribution >= 0.6 is 0 Å². The number of hydrogen-bond acceptors (Lipinski definition) is 4. The van der Waals surface area contributed by atoms with E-state index in [-0.39, 0.29) is 5.46 Å². The molecule has 0 radical (unpaired) electrons. The van der Waals surface area contributed by atoms with Gasteiger partial charge in [-0.1, -0.05) is 12.1 Å². The highest BCUT2D eigenvalue weighted by Gasteiger charge is 2.21. The first-order valence-corrected chi connectivity index (χ1v) is 7.00. The van der Waals surface area contributed by atoms with Crippen molar-refractivity contribution < 1.29 is 14.4 Å². The van der Waals surface area contributed by atoms with Gasteiger partial charge in [0.25, 0.3) is 0 Å². The second-order valence-corrected chi connectivity index (χ2v) is 5.70. The molecular formula is C14H22BFN2O2. The van der Waals surface area contributed by atoms with Crippen LogP contribution in [0.5, 0.6) is 0 Å². The Bertz CT molecular complexity index is 449. The average molecular weight is 280 g/mol. The fraction of sp³-hybridized carbons (Fsp3) is 0.571. The second-order valence-electron chi connectivity index (χ2n) is 5.70. The Balaban J connectivity index is 1.96. The maximum atomic E-state index is 13.4. The van der Waals surface area contributed by atoms with Crippen LogP contribution in [0.2, 0.25) is 0 Å². The molecule has 0 aromatic heterocycles. The summed E-state index contributed by atoms with van der Waals surface area (Å²) >= 11 is 0. The standard InChI is InChI=1S/C14H22BFN2O2/c1-17(2)12-5-7-18(8-6-12)10-11-3-4-14(16)13(9-11)15(19)20/h3-4,9,12,19-20H,5-8,10H2,1-2H3. The molecule has 1 fully saturated rings. The van der Waals surface area contributed by atoms with Gasteiger partial charge in [0.05, 0.1) is 0 Å². The van der Waals surface area contributed by atoms with Crippen LogP contribution in [0.3, 0.4) is 0 Å². The lowest BCUT2D eigenvalue weighted by molar-refractivity contribution is 0.140. The van der Waals surface area contributed by atoms with Crippen LogP contribution in [-0.4, -0.2) is 60.2 Å². The zero-order chi connectivity index (χ0) is 14.7. The molecule has 0 aliphatic carbocycles. The van der Waals surface area contributed by atoms with E-state index in [0.717, 1.165) is 38.0 Å². The van der Waals surface area contributed by atoms with Crippen LogP contribution in [0.15, 0.2) is 18.2 Å². The maximum absolute atomic E-state index is 13.4. The first kappa shape index (κ1) is 15.4. The topological polar surface area (TPSA) is 46.9 Å². The summed E-state index contributed by atoms with van der Waals surface area (Å²) in [6, 6.07) is 5.18. The minimum absolute atomic E-state index is 0.0503. The van der Waals surface area contributed by atoms with E-state index in [1.807, 2.05) is 0 Å². The Morgan fingerprint density at radius 1 is 1.30 bits per heavy atom. The van der Waals surface area contributed by atoms with E-state index in [1.165, 1.54) is 12.1 Å².